The largest absolute Gasteiger partial charge is 0.381 e. The summed E-state index contributed by atoms with van der Waals surface area (Å²) in [7, 11) is 0. The molecule has 0 aromatic rings. The first-order valence-electron chi connectivity index (χ1n) is 4.49. The van der Waals surface area contributed by atoms with Crippen molar-refractivity contribution in [2.24, 2.45) is 11.3 Å². The Hall–Kier alpha value is -0.0800. The topological polar surface area (TPSA) is 18.5 Å². The van der Waals surface area contributed by atoms with E-state index in [9.17, 15) is 0 Å². The molecule has 2 heteroatoms. The molecule has 0 aromatic carbocycles. The van der Waals surface area contributed by atoms with Crippen LogP contribution in [-0.4, -0.2) is 26.4 Å². The third kappa shape index (κ3) is 1.18. The molecule has 0 saturated carbocycles. The second-order valence-corrected chi connectivity index (χ2v) is 3.91. The van der Waals surface area contributed by atoms with Crippen LogP contribution in [0.25, 0.3) is 0 Å². The molecule has 2 nitrogen and oxygen atoms in total. The van der Waals surface area contributed by atoms with E-state index in [1.165, 1.54) is 12.8 Å². The summed E-state index contributed by atoms with van der Waals surface area (Å²) in [5.41, 5.74) is 0.387. The van der Waals surface area contributed by atoms with Crippen molar-refractivity contribution < 1.29 is 9.47 Å². The van der Waals surface area contributed by atoms with Crippen LogP contribution in [0, 0.1) is 11.3 Å². The third-order valence-electron chi connectivity index (χ3n) is 3.26. The summed E-state index contributed by atoms with van der Waals surface area (Å²) >= 11 is 0. The summed E-state index contributed by atoms with van der Waals surface area (Å²) in [5, 5.41) is 0. The fourth-order valence-corrected chi connectivity index (χ4v) is 2.11. The van der Waals surface area contributed by atoms with Gasteiger partial charge in [0.25, 0.3) is 0 Å². The van der Waals surface area contributed by atoms with Crippen LogP contribution in [0.3, 0.4) is 0 Å². The minimum atomic E-state index is 0.387. The van der Waals surface area contributed by atoms with Gasteiger partial charge in [-0.15, -0.1) is 0 Å². The average molecular weight is 156 g/mol. The van der Waals surface area contributed by atoms with E-state index in [4.69, 9.17) is 9.47 Å². The van der Waals surface area contributed by atoms with E-state index in [-0.39, 0.29) is 0 Å². The molecule has 0 amide bonds. The van der Waals surface area contributed by atoms with E-state index in [0.29, 0.717) is 5.41 Å². The molecule has 2 heterocycles. The average Bonchev–Trinajstić information content (AvgIpc) is 2.46. The Bertz CT molecular complexity index is 138. The van der Waals surface area contributed by atoms with Crippen molar-refractivity contribution in [1.29, 1.82) is 0 Å². The van der Waals surface area contributed by atoms with Crippen LogP contribution in [0.15, 0.2) is 0 Å². The van der Waals surface area contributed by atoms with E-state index in [1.54, 1.807) is 0 Å². The first-order chi connectivity index (χ1) is 5.33. The summed E-state index contributed by atoms with van der Waals surface area (Å²) in [5.74, 6) is 0.791. The lowest BCUT2D eigenvalue weighted by atomic mass is 9.74. The number of ether oxygens (including phenoxy) is 2. The fourth-order valence-electron chi connectivity index (χ4n) is 2.11. The zero-order valence-corrected chi connectivity index (χ0v) is 7.14. The van der Waals surface area contributed by atoms with Gasteiger partial charge in [-0.1, -0.05) is 6.92 Å². The molecule has 2 unspecified atom stereocenters. The Labute approximate surface area is 67.9 Å². The predicted molar refractivity (Wildman–Crippen MR) is 42.5 cm³/mol. The molecule has 64 valence electrons. The second kappa shape index (κ2) is 2.76. The minimum absolute atomic E-state index is 0.387. The minimum Gasteiger partial charge on any atom is -0.381 e. The highest BCUT2D eigenvalue weighted by molar-refractivity contribution is 4.89. The van der Waals surface area contributed by atoms with E-state index < -0.39 is 0 Å². The molecule has 0 radical (unpaired) electrons. The quantitative estimate of drug-likeness (QED) is 0.528. The van der Waals surface area contributed by atoms with E-state index in [1.807, 2.05) is 0 Å². The van der Waals surface area contributed by atoms with Gasteiger partial charge in [0, 0.05) is 18.6 Å². The van der Waals surface area contributed by atoms with Crippen molar-refractivity contribution in [3.8, 4) is 0 Å². The predicted octanol–water partition coefficient (Wildman–Crippen LogP) is 1.45. The van der Waals surface area contributed by atoms with Gasteiger partial charge in [-0.2, -0.15) is 0 Å². The van der Waals surface area contributed by atoms with Crippen LogP contribution < -0.4 is 0 Å². The zero-order chi connectivity index (χ0) is 7.73. The Morgan fingerprint density at radius 2 is 1.91 bits per heavy atom. The highest BCUT2D eigenvalue weighted by Crippen LogP contribution is 2.40. The summed E-state index contributed by atoms with van der Waals surface area (Å²) in [6.45, 7) is 6.07. The molecular formula is C9H16O2. The van der Waals surface area contributed by atoms with E-state index in [2.05, 4.69) is 6.92 Å². The SMILES string of the molecule is CC1CCOCC12CCOC2. The second-order valence-electron chi connectivity index (χ2n) is 3.91. The monoisotopic (exact) mass is 156 g/mol. The Morgan fingerprint density at radius 1 is 1.18 bits per heavy atom. The molecule has 0 bridgehead atoms. The molecule has 2 aliphatic heterocycles. The maximum atomic E-state index is 5.50. The van der Waals surface area contributed by atoms with Gasteiger partial charge in [0.05, 0.1) is 13.2 Å². The van der Waals surface area contributed by atoms with Crippen LogP contribution in [-0.2, 0) is 9.47 Å². The van der Waals surface area contributed by atoms with Crippen molar-refractivity contribution in [2.75, 3.05) is 26.4 Å². The van der Waals surface area contributed by atoms with Gasteiger partial charge in [0.2, 0.25) is 0 Å². The molecular weight excluding hydrogens is 140 g/mol. The molecule has 2 atom stereocenters. The lowest BCUT2D eigenvalue weighted by molar-refractivity contribution is -0.0488. The first kappa shape index (κ1) is 7.56. The molecule has 2 aliphatic rings. The summed E-state index contributed by atoms with van der Waals surface area (Å²) in [4.78, 5) is 0. The number of rotatable bonds is 0. The standard InChI is InChI=1S/C9H16O2/c1-8-2-4-10-6-9(8)3-5-11-7-9/h8H,2-7H2,1H3. The molecule has 1 spiro atoms. The van der Waals surface area contributed by atoms with Gasteiger partial charge < -0.3 is 9.47 Å². The van der Waals surface area contributed by atoms with Crippen LogP contribution in [0.2, 0.25) is 0 Å². The van der Waals surface area contributed by atoms with Gasteiger partial charge in [-0.05, 0) is 18.8 Å². The number of hydrogen-bond donors (Lipinski definition) is 0. The van der Waals surface area contributed by atoms with Gasteiger partial charge in [0.15, 0.2) is 0 Å². The lowest BCUT2D eigenvalue weighted by Crippen LogP contribution is -2.39. The third-order valence-corrected chi connectivity index (χ3v) is 3.26. The summed E-state index contributed by atoms with van der Waals surface area (Å²) < 4.78 is 10.9. The molecule has 0 aromatic heterocycles. The molecule has 2 rings (SSSR count). The normalized spacial score (nSPS) is 45.0. The fraction of sp³-hybridized carbons (Fsp3) is 1.00. The maximum Gasteiger partial charge on any atom is 0.0547 e. The van der Waals surface area contributed by atoms with Crippen LogP contribution in [0.1, 0.15) is 19.8 Å². The van der Waals surface area contributed by atoms with Gasteiger partial charge in [-0.25, -0.2) is 0 Å². The van der Waals surface area contributed by atoms with Crippen LogP contribution in [0.4, 0.5) is 0 Å². The summed E-state index contributed by atoms with van der Waals surface area (Å²) in [6.07, 6.45) is 2.41. The molecule has 0 N–H and O–H groups in total. The smallest absolute Gasteiger partial charge is 0.0547 e. The van der Waals surface area contributed by atoms with E-state index in [0.717, 1.165) is 32.3 Å². The highest BCUT2D eigenvalue weighted by Gasteiger charge is 2.42. The first-order valence-corrected chi connectivity index (χ1v) is 4.49. The van der Waals surface area contributed by atoms with Gasteiger partial charge in [-0.3, -0.25) is 0 Å². The highest BCUT2D eigenvalue weighted by atomic mass is 16.5. The Morgan fingerprint density at radius 3 is 2.55 bits per heavy atom. The molecule has 2 fully saturated rings. The molecule has 0 aliphatic carbocycles. The lowest BCUT2D eigenvalue weighted by Gasteiger charge is -2.37. The summed E-state index contributed by atoms with van der Waals surface area (Å²) in [6, 6.07) is 0. The zero-order valence-electron chi connectivity index (χ0n) is 7.14. The Balaban J connectivity index is 2.07. The van der Waals surface area contributed by atoms with Crippen LogP contribution in [0.5, 0.6) is 0 Å². The van der Waals surface area contributed by atoms with Crippen molar-refractivity contribution in [1.82, 2.24) is 0 Å². The Kier molecular flexibility index (Phi) is 1.90. The molecule has 2 saturated heterocycles. The maximum absolute atomic E-state index is 5.50. The van der Waals surface area contributed by atoms with Crippen molar-refractivity contribution in [3.05, 3.63) is 0 Å². The van der Waals surface area contributed by atoms with Crippen molar-refractivity contribution >= 4 is 0 Å². The van der Waals surface area contributed by atoms with Gasteiger partial charge >= 0.3 is 0 Å². The molecule has 11 heavy (non-hydrogen) atoms. The van der Waals surface area contributed by atoms with Gasteiger partial charge in [0.1, 0.15) is 0 Å². The van der Waals surface area contributed by atoms with Crippen molar-refractivity contribution in [2.45, 2.75) is 19.8 Å². The van der Waals surface area contributed by atoms with Crippen LogP contribution >= 0.6 is 0 Å². The van der Waals surface area contributed by atoms with Crippen molar-refractivity contribution in [3.63, 3.8) is 0 Å². The number of hydrogen-bond acceptors (Lipinski definition) is 2. The van der Waals surface area contributed by atoms with E-state index >= 15 is 0 Å².